The van der Waals surface area contributed by atoms with Crippen LogP contribution >= 0.6 is 11.3 Å². The van der Waals surface area contributed by atoms with Gasteiger partial charge in [0.2, 0.25) is 0 Å². The topological polar surface area (TPSA) is 63.0 Å². The van der Waals surface area contributed by atoms with Crippen molar-refractivity contribution >= 4 is 28.6 Å². The maximum Gasteiger partial charge on any atom is 0.346 e. The Labute approximate surface area is 107 Å². The zero-order chi connectivity index (χ0) is 12.5. The number of pyridine rings is 1. The van der Waals surface area contributed by atoms with E-state index in [9.17, 15) is 10.1 Å². The van der Waals surface area contributed by atoms with Crippen LogP contribution in [0.2, 0.25) is 0 Å². The molecule has 5 heteroatoms. The van der Waals surface area contributed by atoms with Gasteiger partial charge in [0.05, 0.1) is 5.56 Å². The van der Waals surface area contributed by atoms with Crippen molar-refractivity contribution in [2.45, 2.75) is 0 Å². The highest BCUT2D eigenvalue weighted by Crippen LogP contribution is 2.34. The second-order valence-electron chi connectivity index (χ2n) is 3.62. The van der Waals surface area contributed by atoms with Gasteiger partial charge in [-0.05, 0) is 29.0 Å². The van der Waals surface area contributed by atoms with Gasteiger partial charge in [0.25, 0.3) is 0 Å². The summed E-state index contributed by atoms with van der Waals surface area (Å²) in [5.74, 6) is -0.215. The second kappa shape index (κ2) is 4.09. The lowest BCUT2D eigenvalue weighted by Crippen LogP contribution is -1.93. The molecule has 18 heavy (non-hydrogen) atoms. The van der Waals surface area contributed by atoms with Gasteiger partial charge in [0.15, 0.2) is 5.76 Å². The summed E-state index contributed by atoms with van der Waals surface area (Å²) in [5.41, 5.74) is 1.91. The average Bonchev–Trinajstić information content (AvgIpc) is 3.01. The molecule has 4 nitrogen and oxygen atoms in total. The lowest BCUT2D eigenvalue weighted by molar-refractivity contribution is 0.0716. The zero-order valence-corrected chi connectivity index (χ0v) is 9.90. The molecule has 3 rings (SSSR count). The predicted octanol–water partition coefficient (Wildman–Crippen LogP) is 2.71. The van der Waals surface area contributed by atoms with Crippen LogP contribution < -0.4 is 0 Å². The largest absolute Gasteiger partial charge is 0.419 e. The molecule has 0 saturated heterocycles. The molecule has 1 aliphatic rings. The van der Waals surface area contributed by atoms with Crippen molar-refractivity contribution in [3.8, 4) is 6.07 Å². The summed E-state index contributed by atoms with van der Waals surface area (Å²) in [4.78, 5) is 15.8. The standard InChI is InChI=1S/C13H6N2O2S/c14-6-10(8-3-5-18-7-8)12-11-9(13(16)17-12)2-1-4-15-11/h1-5,7H. The Balaban J connectivity index is 2.25. The van der Waals surface area contributed by atoms with Crippen LogP contribution in [-0.2, 0) is 4.74 Å². The molecule has 0 aliphatic carbocycles. The van der Waals surface area contributed by atoms with Crippen LogP contribution in [0.3, 0.4) is 0 Å². The first kappa shape index (κ1) is 10.7. The molecule has 0 saturated carbocycles. The number of allylic oxidation sites excluding steroid dienone is 1. The summed E-state index contributed by atoms with van der Waals surface area (Å²) < 4.78 is 5.17. The van der Waals surface area contributed by atoms with E-state index in [1.54, 1.807) is 18.3 Å². The molecular formula is C13H6N2O2S. The monoisotopic (exact) mass is 254 g/mol. The Bertz CT molecular complexity index is 696. The van der Waals surface area contributed by atoms with Gasteiger partial charge in [-0.1, -0.05) is 0 Å². The van der Waals surface area contributed by atoms with E-state index in [4.69, 9.17) is 4.74 Å². The van der Waals surface area contributed by atoms with Crippen molar-refractivity contribution in [1.29, 1.82) is 5.26 Å². The fourth-order valence-corrected chi connectivity index (χ4v) is 2.42. The highest BCUT2D eigenvalue weighted by atomic mass is 32.1. The number of carbonyl (C=O) groups excluding carboxylic acids is 1. The first-order valence-electron chi connectivity index (χ1n) is 5.16. The third-order valence-corrected chi connectivity index (χ3v) is 3.27. The molecule has 0 atom stereocenters. The normalized spacial score (nSPS) is 15.8. The highest BCUT2D eigenvalue weighted by Gasteiger charge is 2.30. The molecule has 3 heterocycles. The number of hydrogen-bond donors (Lipinski definition) is 0. The number of fused-ring (bicyclic) bond motifs is 1. The predicted molar refractivity (Wildman–Crippen MR) is 66.4 cm³/mol. The van der Waals surface area contributed by atoms with Gasteiger partial charge >= 0.3 is 5.97 Å². The number of cyclic esters (lactones) is 1. The van der Waals surface area contributed by atoms with Crippen LogP contribution in [0.1, 0.15) is 21.6 Å². The Morgan fingerprint density at radius 2 is 2.33 bits per heavy atom. The summed E-state index contributed by atoms with van der Waals surface area (Å²) in [6, 6.07) is 7.19. The Morgan fingerprint density at radius 1 is 1.44 bits per heavy atom. The van der Waals surface area contributed by atoms with Crippen molar-refractivity contribution < 1.29 is 9.53 Å². The van der Waals surface area contributed by atoms with Crippen LogP contribution in [0.4, 0.5) is 0 Å². The second-order valence-corrected chi connectivity index (χ2v) is 4.40. The summed E-state index contributed by atoms with van der Waals surface area (Å²) in [6.07, 6.45) is 1.57. The Morgan fingerprint density at radius 3 is 3.06 bits per heavy atom. The van der Waals surface area contributed by atoms with Crippen molar-refractivity contribution in [2.24, 2.45) is 0 Å². The quantitative estimate of drug-likeness (QED) is 0.579. The summed E-state index contributed by atoms with van der Waals surface area (Å²) in [6.45, 7) is 0. The molecule has 86 valence electrons. The molecule has 2 aromatic heterocycles. The van der Waals surface area contributed by atoms with E-state index in [-0.39, 0.29) is 5.76 Å². The van der Waals surface area contributed by atoms with E-state index in [0.717, 1.165) is 5.56 Å². The lowest BCUT2D eigenvalue weighted by Gasteiger charge is -2.00. The first-order valence-corrected chi connectivity index (χ1v) is 6.10. The third-order valence-electron chi connectivity index (χ3n) is 2.59. The maximum atomic E-state index is 11.7. The van der Waals surface area contributed by atoms with E-state index in [0.29, 0.717) is 16.8 Å². The minimum atomic E-state index is -0.462. The Kier molecular flexibility index (Phi) is 2.43. The van der Waals surface area contributed by atoms with Crippen LogP contribution in [0.15, 0.2) is 35.2 Å². The molecule has 0 aromatic carbocycles. The number of rotatable bonds is 1. The smallest absolute Gasteiger partial charge is 0.346 e. The molecule has 0 spiro atoms. The zero-order valence-electron chi connectivity index (χ0n) is 9.08. The fourth-order valence-electron chi connectivity index (χ4n) is 1.77. The van der Waals surface area contributed by atoms with Gasteiger partial charge in [-0.3, -0.25) is 4.98 Å². The van der Waals surface area contributed by atoms with Crippen LogP contribution in [0, 0.1) is 11.3 Å². The van der Waals surface area contributed by atoms with Crippen molar-refractivity contribution in [3.63, 3.8) is 0 Å². The van der Waals surface area contributed by atoms with Gasteiger partial charge < -0.3 is 4.74 Å². The van der Waals surface area contributed by atoms with Crippen molar-refractivity contribution in [3.05, 3.63) is 52.0 Å². The van der Waals surface area contributed by atoms with E-state index in [1.165, 1.54) is 11.3 Å². The minimum absolute atomic E-state index is 0.247. The Hall–Kier alpha value is -2.45. The van der Waals surface area contributed by atoms with Crippen LogP contribution in [0.5, 0.6) is 0 Å². The van der Waals surface area contributed by atoms with Crippen LogP contribution in [-0.4, -0.2) is 11.0 Å². The van der Waals surface area contributed by atoms with Crippen molar-refractivity contribution in [1.82, 2.24) is 4.98 Å². The molecule has 0 amide bonds. The van der Waals surface area contributed by atoms with E-state index in [1.807, 2.05) is 16.8 Å². The first-order chi connectivity index (χ1) is 8.81. The summed E-state index contributed by atoms with van der Waals surface area (Å²) in [5, 5.41) is 12.9. The maximum absolute atomic E-state index is 11.7. The molecule has 0 fully saturated rings. The van der Waals surface area contributed by atoms with Crippen LogP contribution in [0.25, 0.3) is 11.3 Å². The van der Waals surface area contributed by atoms with Gasteiger partial charge in [-0.25, -0.2) is 4.79 Å². The number of nitrogens with zero attached hydrogens (tertiary/aromatic N) is 2. The molecule has 0 unspecified atom stereocenters. The summed E-state index contributed by atoms with van der Waals surface area (Å²) >= 11 is 1.48. The van der Waals surface area contributed by atoms with Gasteiger partial charge in [-0.15, -0.1) is 0 Å². The lowest BCUT2D eigenvalue weighted by atomic mass is 10.1. The van der Waals surface area contributed by atoms with Gasteiger partial charge in [0.1, 0.15) is 17.3 Å². The number of thiophene rings is 1. The SMILES string of the molecule is N#CC(=C1OC(=O)c2cccnc21)c1ccsc1. The molecule has 0 bridgehead atoms. The molecular weight excluding hydrogens is 248 g/mol. The van der Waals surface area contributed by atoms with Gasteiger partial charge in [-0.2, -0.15) is 16.6 Å². The third kappa shape index (κ3) is 1.51. The highest BCUT2D eigenvalue weighted by molar-refractivity contribution is 7.08. The number of ether oxygens (including phenoxy) is 1. The van der Waals surface area contributed by atoms with Gasteiger partial charge in [0, 0.05) is 11.8 Å². The summed E-state index contributed by atoms with van der Waals surface area (Å²) in [7, 11) is 0. The van der Waals surface area contributed by atoms with E-state index >= 15 is 0 Å². The fraction of sp³-hybridized carbons (Fsp3) is 0. The number of hydrogen-bond acceptors (Lipinski definition) is 5. The molecule has 0 radical (unpaired) electrons. The number of aromatic nitrogens is 1. The molecule has 1 aliphatic heterocycles. The van der Waals surface area contributed by atoms with E-state index < -0.39 is 5.97 Å². The molecule has 2 aromatic rings. The number of nitriles is 1. The average molecular weight is 254 g/mol. The minimum Gasteiger partial charge on any atom is -0.419 e. The number of carbonyl (C=O) groups is 1. The number of esters is 1. The molecule has 0 N–H and O–H groups in total. The van der Waals surface area contributed by atoms with E-state index in [2.05, 4.69) is 11.1 Å². The van der Waals surface area contributed by atoms with Crippen molar-refractivity contribution in [2.75, 3.05) is 0 Å².